The number of hydrogen-bond donors (Lipinski definition) is 1. The summed E-state index contributed by atoms with van der Waals surface area (Å²) in [6.45, 7) is 5.97. The van der Waals surface area contributed by atoms with Crippen LogP contribution in [0.1, 0.15) is 43.2 Å². The third kappa shape index (κ3) is 2.01. The monoisotopic (exact) mass is 242 g/mol. The van der Waals surface area contributed by atoms with Gasteiger partial charge in [-0.1, -0.05) is 29.8 Å². The maximum atomic E-state index is 10.4. The van der Waals surface area contributed by atoms with Crippen molar-refractivity contribution in [2.45, 2.75) is 44.6 Å². The fourth-order valence-electron chi connectivity index (χ4n) is 3.73. The van der Waals surface area contributed by atoms with Gasteiger partial charge in [-0.15, -0.1) is 6.58 Å². The molecule has 1 N–H and O–H groups in total. The topological polar surface area (TPSA) is 20.2 Å². The van der Waals surface area contributed by atoms with Crippen LogP contribution >= 0.6 is 0 Å². The standard InChI is InChI=1S/C17H22O/c1-11(2)7-10-15(18)17-14-9-8-12-5-3-4-6-13(12)16(14)17/h3-6,14-18H,1,7-10H2,2H3. The minimum Gasteiger partial charge on any atom is -0.393 e. The summed E-state index contributed by atoms with van der Waals surface area (Å²) in [4.78, 5) is 0. The first kappa shape index (κ1) is 12.0. The van der Waals surface area contributed by atoms with Gasteiger partial charge in [0.25, 0.3) is 0 Å². The number of aliphatic hydroxyl groups excluding tert-OH is 1. The highest BCUT2D eigenvalue weighted by Crippen LogP contribution is 2.61. The van der Waals surface area contributed by atoms with Crippen LogP contribution in [-0.2, 0) is 6.42 Å². The molecule has 0 radical (unpaired) electrons. The van der Waals surface area contributed by atoms with E-state index < -0.39 is 0 Å². The molecular weight excluding hydrogens is 220 g/mol. The smallest absolute Gasteiger partial charge is 0.0580 e. The van der Waals surface area contributed by atoms with Gasteiger partial charge < -0.3 is 5.11 Å². The van der Waals surface area contributed by atoms with E-state index in [0.29, 0.717) is 11.8 Å². The molecule has 0 aromatic heterocycles. The van der Waals surface area contributed by atoms with E-state index in [1.807, 2.05) is 6.92 Å². The van der Waals surface area contributed by atoms with E-state index in [2.05, 4.69) is 30.8 Å². The molecule has 0 amide bonds. The second kappa shape index (κ2) is 4.55. The van der Waals surface area contributed by atoms with Gasteiger partial charge in [0, 0.05) is 0 Å². The number of rotatable bonds is 4. The molecule has 1 fully saturated rings. The predicted molar refractivity (Wildman–Crippen MR) is 74.5 cm³/mol. The van der Waals surface area contributed by atoms with Crippen LogP contribution in [-0.4, -0.2) is 11.2 Å². The number of aliphatic hydroxyl groups is 1. The Morgan fingerprint density at radius 1 is 1.44 bits per heavy atom. The Kier molecular flexibility index (Phi) is 3.03. The van der Waals surface area contributed by atoms with Gasteiger partial charge in [-0.25, -0.2) is 0 Å². The zero-order chi connectivity index (χ0) is 12.7. The first-order valence-electron chi connectivity index (χ1n) is 7.08. The summed E-state index contributed by atoms with van der Waals surface area (Å²) >= 11 is 0. The van der Waals surface area contributed by atoms with Crippen molar-refractivity contribution in [3.8, 4) is 0 Å². The van der Waals surface area contributed by atoms with Crippen molar-refractivity contribution in [2.24, 2.45) is 11.8 Å². The van der Waals surface area contributed by atoms with E-state index in [4.69, 9.17) is 0 Å². The fourth-order valence-corrected chi connectivity index (χ4v) is 3.73. The maximum Gasteiger partial charge on any atom is 0.0580 e. The fraction of sp³-hybridized carbons (Fsp3) is 0.529. The van der Waals surface area contributed by atoms with Crippen molar-refractivity contribution in [1.82, 2.24) is 0 Å². The summed E-state index contributed by atoms with van der Waals surface area (Å²) in [6.07, 6.45) is 4.16. The summed E-state index contributed by atoms with van der Waals surface area (Å²) in [7, 11) is 0. The van der Waals surface area contributed by atoms with Crippen LogP contribution in [0.5, 0.6) is 0 Å². The first-order valence-corrected chi connectivity index (χ1v) is 7.08. The minimum atomic E-state index is -0.136. The van der Waals surface area contributed by atoms with Crippen LogP contribution in [0.25, 0.3) is 0 Å². The summed E-state index contributed by atoms with van der Waals surface area (Å²) < 4.78 is 0. The van der Waals surface area contributed by atoms with Crippen LogP contribution in [0.2, 0.25) is 0 Å². The Morgan fingerprint density at radius 3 is 3.00 bits per heavy atom. The number of hydrogen-bond acceptors (Lipinski definition) is 1. The van der Waals surface area contributed by atoms with Gasteiger partial charge in [0.1, 0.15) is 0 Å². The maximum absolute atomic E-state index is 10.4. The van der Waals surface area contributed by atoms with E-state index in [0.717, 1.165) is 18.8 Å². The molecule has 1 nitrogen and oxygen atoms in total. The van der Waals surface area contributed by atoms with Gasteiger partial charge in [-0.05, 0) is 61.5 Å². The lowest BCUT2D eigenvalue weighted by Gasteiger charge is -2.13. The van der Waals surface area contributed by atoms with Crippen LogP contribution in [0.4, 0.5) is 0 Å². The molecule has 1 saturated carbocycles. The summed E-state index contributed by atoms with van der Waals surface area (Å²) in [5, 5.41) is 10.4. The molecule has 2 aliphatic rings. The van der Waals surface area contributed by atoms with Crippen molar-refractivity contribution < 1.29 is 5.11 Å². The SMILES string of the molecule is C=C(C)CCC(O)C1C2CCc3ccccc3C21. The second-order valence-corrected chi connectivity index (χ2v) is 6.07. The number of allylic oxidation sites excluding steroid dienone is 1. The van der Waals surface area contributed by atoms with Crippen LogP contribution in [0.3, 0.4) is 0 Å². The number of fused-ring (bicyclic) bond motifs is 3. The summed E-state index contributed by atoms with van der Waals surface area (Å²) in [6, 6.07) is 8.78. The van der Waals surface area contributed by atoms with Gasteiger partial charge in [0.15, 0.2) is 0 Å². The number of aryl methyl sites for hydroxylation is 1. The van der Waals surface area contributed by atoms with Crippen molar-refractivity contribution in [3.05, 3.63) is 47.5 Å². The molecule has 1 aromatic rings. The van der Waals surface area contributed by atoms with Crippen molar-refractivity contribution in [1.29, 1.82) is 0 Å². The van der Waals surface area contributed by atoms with E-state index in [1.165, 1.54) is 29.5 Å². The zero-order valence-electron chi connectivity index (χ0n) is 11.1. The molecule has 0 bridgehead atoms. The Balaban J connectivity index is 1.71. The van der Waals surface area contributed by atoms with E-state index >= 15 is 0 Å². The highest BCUT2D eigenvalue weighted by Gasteiger charge is 2.55. The molecule has 4 atom stereocenters. The van der Waals surface area contributed by atoms with Gasteiger partial charge in [-0.3, -0.25) is 0 Å². The predicted octanol–water partition coefficient (Wildman–Crippen LogP) is 3.68. The molecule has 4 unspecified atom stereocenters. The van der Waals surface area contributed by atoms with Gasteiger partial charge >= 0.3 is 0 Å². The Morgan fingerprint density at radius 2 is 2.22 bits per heavy atom. The van der Waals surface area contributed by atoms with E-state index in [-0.39, 0.29) is 6.10 Å². The normalized spacial score (nSPS) is 30.2. The Bertz CT molecular complexity index is 462. The lowest BCUT2D eigenvalue weighted by atomic mass is 9.92. The minimum absolute atomic E-state index is 0.136. The van der Waals surface area contributed by atoms with Gasteiger partial charge in [0.2, 0.25) is 0 Å². The molecule has 0 aliphatic heterocycles. The molecular formula is C17H22O. The molecule has 3 rings (SSSR count). The van der Waals surface area contributed by atoms with Crippen molar-refractivity contribution in [2.75, 3.05) is 0 Å². The highest BCUT2D eigenvalue weighted by molar-refractivity contribution is 5.39. The molecule has 96 valence electrons. The van der Waals surface area contributed by atoms with Gasteiger partial charge in [-0.2, -0.15) is 0 Å². The summed E-state index contributed by atoms with van der Waals surface area (Å²) in [5.74, 6) is 1.88. The quantitative estimate of drug-likeness (QED) is 0.799. The molecule has 0 saturated heterocycles. The molecule has 1 heteroatoms. The van der Waals surface area contributed by atoms with Crippen LogP contribution < -0.4 is 0 Å². The number of benzene rings is 1. The van der Waals surface area contributed by atoms with Crippen LogP contribution in [0.15, 0.2) is 36.4 Å². The van der Waals surface area contributed by atoms with Crippen molar-refractivity contribution in [3.63, 3.8) is 0 Å². The first-order chi connectivity index (χ1) is 8.68. The molecule has 0 spiro atoms. The Labute approximate surface area is 110 Å². The third-order valence-electron chi connectivity index (χ3n) is 4.70. The average Bonchev–Trinajstić information content (AvgIpc) is 3.10. The van der Waals surface area contributed by atoms with E-state index in [1.54, 1.807) is 0 Å². The summed E-state index contributed by atoms with van der Waals surface area (Å²) in [5.41, 5.74) is 4.19. The second-order valence-electron chi connectivity index (χ2n) is 6.07. The molecule has 2 aliphatic carbocycles. The highest BCUT2D eigenvalue weighted by atomic mass is 16.3. The van der Waals surface area contributed by atoms with Crippen LogP contribution in [0, 0.1) is 11.8 Å². The third-order valence-corrected chi connectivity index (χ3v) is 4.70. The van der Waals surface area contributed by atoms with Gasteiger partial charge in [0.05, 0.1) is 6.10 Å². The average molecular weight is 242 g/mol. The molecule has 0 heterocycles. The lowest BCUT2D eigenvalue weighted by Crippen LogP contribution is -2.11. The zero-order valence-corrected chi connectivity index (χ0v) is 11.1. The van der Waals surface area contributed by atoms with Crippen molar-refractivity contribution >= 4 is 0 Å². The Hall–Kier alpha value is -1.08. The molecule has 1 aromatic carbocycles. The van der Waals surface area contributed by atoms with E-state index in [9.17, 15) is 5.11 Å². The molecule has 18 heavy (non-hydrogen) atoms. The lowest BCUT2D eigenvalue weighted by molar-refractivity contribution is 0.133. The largest absolute Gasteiger partial charge is 0.393 e.